The summed E-state index contributed by atoms with van der Waals surface area (Å²) >= 11 is 3.63. The molecule has 4 heterocycles. The lowest BCUT2D eigenvalue weighted by Gasteiger charge is -2.14. The molecule has 6 rings (SSSR count). The van der Waals surface area contributed by atoms with Crippen LogP contribution in [0.5, 0.6) is 0 Å². The van der Waals surface area contributed by atoms with Gasteiger partial charge in [-0.15, -0.1) is 21.5 Å². The summed E-state index contributed by atoms with van der Waals surface area (Å²) in [5, 5.41) is 16.0. The van der Waals surface area contributed by atoms with E-state index < -0.39 is 0 Å². The highest BCUT2D eigenvalue weighted by molar-refractivity contribution is 7.99. The first-order valence-electron chi connectivity index (χ1n) is 12.6. The molecule has 0 aliphatic carbocycles. The minimum Gasteiger partial charge on any atom is -0.385 e. The first-order valence-corrected chi connectivity index (χ1v) is 14.4. The largest absolute Gasteiger partial charge is 0.385 e. The summed E-state index contributed by atoms with van der Waals surface area (Å²) in [6.07, 6.45) is 4.74. The number of aryl methyl sites for hydroxylation is 3. The maximum Gasteiger partial charge on any atom is 0.191 e. The van der Waals surface area contributed by atoms with Crippen LogP contribution in [0, 0.1) is 19.8 Å². The van der Waals surface area contributed by atoms with E-state index in [1.807, 2.05) is 24.3 Å². The van der Waals surface area contributed by atoms with Gasteiger partial charge in [-0.25, -0.2) is 4.98 Å². The Kier molecular flexibility index (Phi) is 6.39. The third-order valence-electron chi connectivity index (χ3n) is 7.09. The SMILES string of the molecule is Cc1ccc2c(-c3nnc(SCCCC4CCc5c(ccc6nc(C)sc56)NC4)n3C)cccc2n1. The molecular weight excluding hydrogens is 484 g/mol. The van der Waals surface area contributed by atoms with Gasteiger partial charge in [-0.3, -0.25) is 4.98 Å². The van der Waals surface area contributed by atoms with Crippen LogP contribution in [-0.2, 0) is 13.5 Å². The average Bonchev–Trinajstić information content (AvgIpc) is 3.36. The zero-order valence-electron chi connectivity index (χ0n) is 20.9. The molecule has 0 saturated carbocycles. The molecule has 1 aliphatic rings. The number of rotatable bonds is 6. The van der Waals surface area contributed by atoms with E-state index >= 15 is 0 Å². The van der Waals surface area contributed by atoms with Crippen LogP contribution in [0.25, 0.3) is 32.5 Å². The maximum atomic E-state index is 4.68. The standard InChI is InChI=1S/C28H30N6S2/c1-17-9-11-20-21(7-4-8-24(20)30-17)27-32-33-28(34(27)3)35-15-5-6-19-10-12-22-23(29-16-19)13-14-25-26(22)36-18(2)31-25/h4,7-9,11,13-14,19,29H,5-6,10,12,15-16H2,1-3H3. The van der Waals surface area contributed by atoms with Gasteiger partial charge in [-0.1, -0.05) is 30.0 Å². The molecule has 184 valence electrons. The summed E-state index contributed by atoms with van der Waals surface area (Å²) in [6, 6.07) is 14.8. The van der Waals surface area contributed by atoms with E-state index in [1.54, 1.807) is 11.8 Å². The van der Waals surface area contributed by atoms with E-state index in [-0.39, 0.29) is 0 Å². The minimum absolute atomic E-state index is 0.684. The van der Waals surface area contributed by atoms with Gasteiger partial charge in [0.25, 0.3) is 0 Å². The summed E-state index contributed by atoms with van der Waals surface area (Å²) in [5.41, 5.74) is 7.00. The third kappa shape index (κ3) is 4.48. The molecule has 0 bridgehead atoms. The van der Waals surface area contributed by atoms with Crippen LogP contribution in [-0.4, -0.2) is 37.0 Å². The van der Waals surface area contributed by atoms with Crippen LogP contribution >= 0.6 is 23.1 Å². The summed E-state index contributed by atoms with van der Waals surface area (Å²) < 4.78 is 3.48. The van der Waals surface area contributed by atoms with Gasteiger partial charge in [0, 0.05) is 41.7 Å². The zero-order chi connectivity index (χ0) is 24.6. The number of hydrogen-bond donors (Lipinski definition) is 1. The highest BCUT2D eigenvalue weighted by Gasteiger charge is 2.19. The molecule has 1 N–H and O–H groups in total. The number of nitrogens with one attached hydrogen (secondary N) is 1. The van der Waals surface area contributed by atoms with Crippen LogP contribution in [0.3, 0.4) is 0 Å². The summed E-state index contributed by atoms with van der Waals surface area (Å²) in [5.74, 6) is 2.62. The highest BCUT2D eigenvalue weighted by atomic mass is 32.2. The lowest BCUT2D eigenvalue weighted by molar-refractivity contribution is 0.476. The van der Waals surface area contributed by atoms with Crippen molar-refractivity contribution >= 4 is 49.9 Å². The first kappa shape index (κ1) is 23.4. The monoisotopic (exact) mass is 514 g/mol. The molecule has 0 radical (unpaired) electrons. The predicted octanol–water partition coefficient (Wildman–Crippen LogP) is 6.80. The second kappa shape index (κ2) is 9.82. The molecule has 1 aliphatic heterocycles. The number of aromatic nitrogens is 5. The van der Waals surface area contributed by atoms with E-state index in [4.69, 9.17) is 0 Å². The van der Waals surface area contributed by atoms with E-state index in [2.05, 4.69) is 80.4 Å². The number of anilines is 1. The van der Waals surface area contributed by atoms with E-state index in [0.717, 1.165) is 62.4 Å². The second-order valence-electron chi connectivity index (χ2n) is 9.64. The van der Waals surface area contributed by atoms with Gasteiger partial charge in [0.05, 0.1) is 20.7 Å². The Morgan fingerprint density at radius 3 is 2.89 bits per heavy atom. The topological polar surface area (TPSA) is 68.5 Å². The van der Waals surface area contributed by atoms with Gasteiger partial charge in [-0.05, 0) is 75.3 Å². The maximum absolute atomic E-state index is 4.68. The molecule has 36 heavy (non-hydrogen) atoms. The van der Waals surface area contributed by atoms with E-state index in [0.29, 0.717) is 5.92 Å². The molecule has 0 fully saturated rings. The second-order valence-corrected chi connectivity index (χ2v) is 11.9. The molecule has 0 amide bonds. The Morgan fingerprint density at radius 1 is 1.06 bits per heavy atom. The van der Waals surface area contributed by atoms with Gasteiger partial charge < -0.3 is 9.88 Å². The van der Waals surface area contributed by atoms with Crippen molar-refractivity contribution in [3.8, 4) is 11.4 Å². The third-order valence-corrected chi connectivity index (χ3v) is 9.24. The Bertz CT molecular complexity index is 1550. The van der Waals surface area contributed by atoms with Crippen molar-refractivity contribution in [1.29, 1.82) is 0 Å². The first-order chi connectivity index (χ1) is 17.6. The normalized spacial score (nSPS) is 15.7. The molecular formula is C28H30N6S2. The predicted molar refractivity (Wildman–Crippen MR) is 151 cm³/mol. The van der Waals surface area contributed by atoms with Gasteiger partial charge in [0.1, 0.15) is 0 Å². The van der Waals surface area contributed by atoms with Crippen LogP contribution in [0.1, 0.15) is 35.5 Å². The molecule has 5 aromatic rings. The van der Waals surface area contributed by atoms with Gasteiger partial charge in [0.15, 0.2) is 11.0 Å². The fourth-order valence-electron chi connectivity index (χ4n) is 5.19. The number of nitrogens with zero attached hydrogens (tertiary/aromatic N) is 5. The van der Waals surface area contributed by atoms with Crippen LogP contribution < -0.4 is 5.32 Å². The smallest absolute Gasteiger partial charge is 0.191 e. The van der Waals surface area contributed by atoms with Crippen molar-refractivity contribution in [3.05, 3.63) is 58.7 Å². The van der Waals surface area contributed by atoms with Crippen molar-refractivity contribution < 1.29 is 0 Å². The summed E-state index contributed by atoms with van der Waals surface area (Å²) in [6.45, 7) is 5.17. The van der Waals surface area contributed by atoms with Crippen molar-refractivity contribution in [2.45, 2.75) is 44.7 Å². The van der Waals surface area contributed by atoms with Crippen LogP contribution in [0.4, 0.5) is 5.69 Å². The van der Waals surface area contributed by atoms with Crippen molar-refractivity contribution in [2.24, 2.45) is 13.0 Å². The Labute approximate surface area is 219 Å². The van der Waals surface area contributed by atoms with Crippen molar-refractivity contribution in [1.82, 2.24) is 24.7 Å². The number of pyridine rings is 1. The van der Waals surface area contributed by atoms with E-state index in [9.17, 15) is 0 Å². The van der Waals surface area contributed by atoms with Crippen molar-refractivity contribution in [3.63, 3.8) is 0 Å². The van der Waals surface area contributed by atoms with E-state index in [1.165, 1.54) is 35.2 Å². The lowest BCUT2D eigenvalue weighted by atomic mass is 9.97. The molecule has 0 saturated heterocycles. The summed E-state index contributed by atoms with van der Waals surface area (Å²) in [7, 11) is 2.06. The quantitative estimate of drug-likeness (QED) is 0.198. The molecule has 2 aromatic carbocycles. The lowest BCUT2D eigenvalue weighted by Crippen LogP contribution is -2.12. The fraction of sp³-hybridized carbons (Fsp3) is 0.357. The molecule has 8 heteroatoms. The minimum atomic E-state index is 0.684. The highest BCUT2D eigenvalue weighted by Crippen LogP contribution is 2.35. The Morgan fingerprint density at radius 2 is 1.97 bits per heavy atom. The molecule has 0 spiro atoms. The number of thiazole rings is 1. The van der Waals surface area contributed by atoms with Gasteiger partial charge in [-0.2, -0.15) is 0 Å². The molecule has 3 aromatic heterocycles. The average molecular weight is 515 g/mol. The van der Waals surface area contributed by atoms with Crippen LogP contribution in [0.2, 0.25) is 0 Å². The number of hydrogen-bond acceptors (Lipinski definition) is 7. The molecule has 1 atom stereocenters. The fourth-order valence-corrected chi connectivity index (χ4v) is 7.05. The van der Waals surface area contributed by atoms with Gasteiger partial charge >= 0.3 is 0 Å². The van der Waals surface area contributed by atoms with Crippen LogP contribution in [0.15, 0.2) is 47.6 Å². The number of benzene rings is 2. The van der Waals surface area contributed by atoms with Gasteiger partial charge in [0.2, 0.25) is 0 Å². The number of fused-ring (bicyclic) bond motifs is 4. The zero-order valence-corrected chi connectivity index (χ0v) is 22.5. The Hall–Kier alpha value is -2.97. The molecule has 6 nitrogen and oxygen atoms in total. The Balaban J connectivity index is 1.07. The summed E-state index contributed by atoms with van der Waals surface area (Å²) in [4.78, 5) is 9.35. The number of thioether (sulfide) groups is 1. The van der Waals surface area contributed by atoms with Crippen molar-refractivity contribution in [2.75, 3.05) is 17.6 Å². The molecule has 1 unspecified atom stereocenters.